The molecule has 1 amide bonds. The summed E-state index contributed by atoms with van der Waals surface area (Å²) in [7, 11) is -3.60. The van der Waals surface area contributed by atoms with Crippen LogP contribution >= 0.6 is 0 Å². The van der Waals surface area contributed by atoms with Crippen LogP contribution in [0.25, 0.3) is 0 Å². The molecule has 108 valence electrons. The van der Waals surface area contributed by atoms with Gasteiger partial charge in [-0.1, -0.05) is 12.2 Å². The molecule has 1 atom stereocenters. The Morgan fingerprint density at radius 2 is 2.10 bits per heavy atom. The van der Waals surface area contributed by atoms with Crippen molar-refractivity contribution in [3.05, 3.63) is 36.2 Å². The van der Waals surface area contributed by atoms with E-state index in [-0.39, 0.29) is 22.4 Å². The van der Waals surface area contributed by atoms with E-state index in [0.29, 0.717) is 6.42 Å². The molecule has 4 nitrogen and oxygen atoms in total. The van der Waals surface area contributed by atoms with E-state index in [9.17, 15) is 17.6 Å². The molecule has 0 radical (unpaired) electrons. The Hall–Kier alpha value is -1.69. The predicted octanol–water partition coefficient (Wildman–Crippen LogP) is 2.52. The summed E-state index contributed by atoms with van der Waals surface area (Å²) in [5.41, 5.74) is 0.273. The predicted molar refractivity (Wildman–Crippen MR) is 74.6 cm³/mol. The van der Waals surface area contributed by atoms with Crippen molar-refractivity contribution in [1.82, 2.24) is 0 Å². The number of rotatable bonds is 3. The molecule has 2 rings (SSSR count). The number of carbonyl (C=O) groups is 1. The third kappa shape index (κ3) is 3.45. The maximum Gasteiger partial charge on any atom is 0.227 e. The van der Waals surface area contributed by atoms with Crippen LogP contribution in [0.1, 0.15) is 19.3 Å². The van der Waals surface area contributed by atoms with Crippen LogP contribution in [0.3, 0.4) is 0 Å². The Labute approximate surface area is 117 Å². The van der Waals surface area contributed by atoms with E-state index in [4.69, 9.17) is 0 Å². The van der Waals surface area contributed by atoms with Gasteiger partial charge in [0, 0.05) is 17.9 Å². The second-order valence-corrected chi connectivity index (χ2v) is 6.87. The maximum atomic E-state index is 13.7. The Bertz CT molecular complexity index is 652. The summed E-state index contributed by atoms with van der Waals surface area (Å²) < 4.78 is 36.3. The number of amides is 1. The molecular weight excluding hydrogens is 281 g/mol. The summed E-state index contributed by atoms with van der Waals surface area (Å²) in [4.78, 5) is 11.6. The van der Waals surface area contributed by atoms with E-state index in [1.54, 1.807) is 0 Å². The van der Waals surface area contributed by atoms with Gasteiger partial charge in [0.1, 0.15) is 10.7 Å². The minimum absolute atomic E-state index is 0.113. The van der Waals surface area contributed by atoms with Crippen LogP contribution in [0.2, 0.25) is 0 Å². The molecule has 1 aromatic rings. The molecule has 6 heteroatoms. The number of sulfone groups is 1. The highest BCUT2D eigenvalue weighted by atomic mass is 32.2. The van der Waals surface area contributed by atoms with Crippen molar-refractivity contribution in [1.29, 1.82) is 0 Å². The highest BCUT2D eigenvalue weighted by Crippen LogP contribution is 2.22. The third-order valence-corrected chi connectivity index (χ3v) is 4.37. The van der Waals surface area contributed by atoms with Crippen LogP contribution in [-0.4, -0.2) is 20.6 Å². The van der Waals surface area contributed by atoms with Gasteiger partial charge in [-0.2, -0.15) is 0 Å². The minimum Gasteiger partial charge on any atom is -0.326 e. The van der Waals surface area contributed by atoms with Crippen molar-refractivity contribution < 1.29 is 17.6 Å². The standard InChI is InChI=1S/C14H16FNO3S/c1-20(18,19)13-8-7-11(9-12(13)15)16-14(17)10-5-3-2-4-6-10/h2-3,7-10H,4-6H2,1H3,(H,16,17)/t10-/m0/s1. The number of carbonyl (C=O) groups excluding carboxylic acids is 1. The van der Waals surface area contributed by atoms with E-state index in [1.807, 2.05) is 12.2 Å². The lowest BCUT2D eigenvalue weighted by atomic mass is 9.93. The quantitative estimate of drug-likeness (QED) is 0.872. The monoisotopic (exact) mass is 297 g/mol. The molecule has 0 heterocycles. The molecule has 1 aliphatic carbocycles. The summed E-state index contributed by atoms with van der Waals surface area (Å²) >= 11 is 0. The molecular formula is C14H16FNO3S. The lowest BCUT2D eigenvalue weighted by Crippen LogP contribution is -2.23. The molecule has 20 heavy (non-hydrogen) atoms. The summed E-state index contributed by atoms with van der Waals surface area (Å²) in [5, 5.41) is 2.62. The van der Waals surface area contributed by atoms with Gasteiger partial charge in [0.05, 0.1) is 0 Å². The van der Waals surface area contributed by atoms with Gasteiger partial charge in [-0.25, -0.2) is 12.8 Å². The van der Waals surface area contributed by atoms with Crippen LogP contribution in [0.5, 0.6) is 0 Å². The van der Waals surface area contributed by atoms with Crippen molar-refractivity contribution in [2.75, 3.05) is 11.6 Å². The van der Waals surface area contributed by atoms with Crippen LogP contribution < -0.4 is 5.32 Å². The molecule has 1 aliphatic rings. The Kier molecular flexibility index (Phi) is 4.23. The van der Waals surface area contributed by atoms with Gasteiger partial charge in [0.25, 0.3) is 0 Å². The first-order valence-electron chi connectivity index (χ1n) is 6.33. The zero-order chi connectivity index (χ0) is 14.8. The number of benzene rings is 1. The van der Waals surface area contributed by atoms with E-state index >= 15 is 0 Å². The fraction of sp³-hybridized carbons (Fsp3) is 0.357. The normalized spacial score (nSPS) is 18.8. The Morgan fingerprint density at radius 1 is 1.35 bits per heavy atom. The van der Waals surface area contributed by atoms with Crippen LogP contribution in [0, 0.1) is 11.7 Å². The fourth-order valence-corrected chi connectivity index (χ4v) is 2.88. The number of allylic oxidation sites excluding steroid dienone is 2. The van der Waals surface area contributed by atoms with Gasteiger partial charge < -0.3 is 5.32 Å². The van der Waals surface area contributed by atoms with Gasteiger partial charge in [-0.15, -0.1) is 0 Å². The van der Waals surface area contributed by atoms with Crippen molar-refractivity contribution in [3.8, 4) is 0 Å². The number of anilines is 1. The largest absolute Gasteiger partial charge is 0.326 e. The van der Waals surface area contributed by atoms with Gasteiger partial charge >= 0.3 is 0 Å². The SMILES string of the molecule is CS(=O)(=O)c1ccc(NC(=O)[C@H]2CC=CCC2)cc1F. The molecule has 0 aliphatic heterocycles. The summed E-state index contributed by atoms with van der Waals surface area (Å²) in [6.07, 6.45) is 7.24. The van der Waals surface area contributed by atoms with Gasteiger partial charge in [-0.05, 0) is 37.5 Å². The molecule has 0 saturated carbocycles. The molecule has 0 fully saturated rings. The second kappa shape index (κ2) is 5.75. The average molecular weight is 297 g/mol. The Balaban J connectivity index is 2.13. The molecule has 0 spiro atoms. The third-order valence-electron chi connectivity index (χ3n) is 3.24. The highest BCUT2D eigenvalue weighted by Gasteiger charge is 2.20. The van der Waals surface area contributed by atoms with Gasteiger partial charge in [0.15, 0.2) is 9.84 Å². The maximum absolute atomic E-state index is 13.7. The first-order chi connectivity index (χ1) is 9.38. The molecule has 1 aromatic carbocycles. The smallest absolute Gasteiger partial charge is 0.227 e. The molecule has 0 unspecified atom stereocenters. The molecule has 1 N–H and O–H groups in total. The number of nitrogens with one attached hydrogen (secondary N) is 1. The van der Waals surface area contributed by atoms with Gasteiger partial charge in [0.2, 0.25) is 5.91 Å². The number of hydrogen-bond acceptors (Lipinski definition) is 3. The lowest BCUT2D eigenvalue weighted by molar-refractivity contribution is -0.120. The van der Waals surface area contributed by atoms with Gasteiger partial charge in [-0.3, -0.25) is 4.79 Å². The summed E-state index contributed by atoms with van der Waals surface area (Å²) in [6, 6.07) is 3.60. The zero-order valence-corrected chi connectivity index (χ0v) is 11.9. The average Bonchev–Trinajstić information content (AvgIpc) is 2.38. The van der Waals surface area contributed by atoms with Crippen molar-refractivity contribution in [2.45, 2.75) is 24.2 Å². The Morgan fingerprint density at radius 3 is 2.65 bits per heavy atom. The summed E-state index contributed by atoms with van der Waals surface area (Å²) in [6.45, 7) is 0. The topological polar surface area (TPSA) is 63.2 Å². The van der Waals surface area contributed by atoms with Crippen molar-refractivity contribution >= 4 is 21.4 Å². The molecule has 0 saturated heterocycles. The number of halogens is 1. The first-order valence-corrected chi connectivity index (χ1v) is 8.22. The molecule has 0 aromatic heterocycles. The van der Waals surface area contributed by atoms with Crippen LogP contribution in [-0.2, 0) is 14.6 Å². The minimum atomic E-state index is -3.60. The van der Waals surface area contributed by atoms with E-state index in [2.05, 4.69) is 5.32 Å². The van der Waals surface area contributed by atoms with E-state index in [1.165, 1.54) is 12.1 Å². The fourth-order valence-electron chi connectivity index (χ4n) is 2.16. The van der Waals surface area contributed by atoms with Crippen molar-refractivity contribution in [2.24, 2.45) is 5.92 Å². The van der Waals surface area contributed by atoms with Crippen molar-refractivity contribution in [3.63, 3.8) is 0 Å². The van der Waals surface area contributed by atoms with E-state index < -0.39 is 15.7 Å². The lowest BCUT2D eigenvalue weighted by Gasteiger charge is -2.17. The van der Waals surface area contributed by atoms with Crippen LogP contribution in [0.15, 0.2) is 35.2 Å². The van der Waals surface area contributed by atoms with Crippen LogP contribution in [0.4, 0.5) is 10.1 Å². The second-order valence-electron chi connectivity index (χ2n) is 4.89. The number of hydrogen-bond donors (Lipinski definition) is 1. The summed E-state index contributed by atoms with van der Waals surface area (Å²) in [5.74, 6) is -1.13. The first kappa shape index (κ1) is 14.7. The zero-order valence-electron chi connectivity index (χ0n) is 11.1. The van der Waals surface area contributed by atoms with E-state index in [0.717, 1.165) is 25.2 Å². The molecule has 0 bridgehead atoms. The highest BCUT2D eigenvalue weighted by molar-refractivity contribution is 7.90.